The molecule has 0 saturated heterocycles. The molecule has 0 radical (unpaired) electrons. The van der Waals surface area contributed by atoms with Crippen molar-refractivity contribution < 1.29 is 4.79 Å². The number of hydrogen-bond donors (Lipinski definition) is 0. The summed E-state index contributed by atoms with van der Waals surface area (Å²) in [5, 5.41) is 1.18. The van der Waals surface area contributed by atoms with Crippen molar-refractivity contribution in [1.29, 1.82) is 0 Å². The lowest BCUT2D eigenvalue weighted by atomic mass is 10.2. The van der Waals surface area contributed by atoms with Gasteiger partial charge in [-0.15, -0.1) is 0 Å². The molecule has 2 aromatic heterocycles. The van der Waals surface area contributed by atoms with Crippen molar-refractivity contribution >= 4 is 28.9 Å². The summed E-state index contributed by atoms with van der Waals surface area (Å²) < 4.78 is 2.08. The van der Waals surface area contributed by atoms with Crippen molar-refractivity contribution in [3.8, 4) is 0 Å². The molecule has 2 rings (SSSR count). The standard InChI is InChI=1S/C13H16ClN3O/c1-2-3-4-6-17-11(5-7-18)8-10-9-15-13(14)16-12(10)17/h7-9H,2-6H2,1H3. The maximum absolute atomic E-state index is 10.7. The molecule has 0 bridgehead atoms. The smallest absolute Gasteiger partial charge is 0.224 e. The van der Waals surface area contributed by atoms with E-state index < -0.39 is 0 Å². The minimum atomic E-state index is 0.245. The summed E-state index contributed by atoms with van der Waals surface area (Å²) in [5.41, 5.74) is 1.80. The highest BCUT2D eigenvalue weighted by molar-refractivity contribution is 6.28. The Morgan fingerprint density at radius 3 is 3.00 bits per heavy atom. The number of aldehydes is 1. The zero-order valence-corrected chi connectivity index (χ0v) is 11.2. The molecule has 96 valence electrons. The summed E-state index contributed by atoms with van der Waals surface area (Å²) >= 11 is 5.83. The SMILES string of the molecule is CCCCCn1c(CC=O)cc2cnc(Cl)nc21. The van der Waals surface area contributed by atoms with Crippen molar-refractivity contribution in [1.82, 2.24) is 14.5 Å². The van der Waals surface area contributed by atoms with Crippen LogP contribution >= 0.6 is 11.6 Å². The lowest BCUT2D eigenvalue weighted by molar-refractivity contribution is -0.107. The molecule has 0 saturated carbocycles. The Kier molecular flexibility index (Phi) is 4.31. The molecule has 0 spiro atoms. The normalized spacial score (nSPS) is 11.0. The molecule has 0 atom stereocenters. The molecule has 4 nitrogen and oxygen atoms in total. The van der Waals surface area contributed by atoms with E-state index in [4.69, 9.17) is 11.6 Å². The number of carbonyl (C=O) groups excluding carboxylic acids is 1. The number of aromatic nitrogens is 3. The number of rotatable bonds is 6. The first-order valence-corrected chi connectivity index (χ1v) is 6.58. The Morgan fingerprint density at radius 1 is 1.44 bits per heavy atom. The van der Waals surface area contributed by atoms with Gasteiger partial charge in [0.25, 0.3) is 0 Å². The van der Waals surface area contributed by atoms with Gasteiger partial charge in [-0.25, -0.2) is 4.98 Å². The molecule has 0 unspecified atom stereocenters. The van der Waals surface area contributed by atoms with E-state index in [9.17, 15) is 4.79 Å². The number of unbranched alkanes of at least 4 members (excludes halogenated alkanes) is 2. The average Bonchev–Trinajstić information content (AvgIpc) is 2.68. The third kappa shape index (κ3) is 2.70. The number of aryl methyl sites for hydroxylation is 1. The van der Waals surface area contributed by atoms with Gasteiger partial charge in [0, 0.05) is 30.2 Å². The van der Waals surface area contributed by atoms with Gasteiger partial charge in [0.05, 0.1) is 0 Å². The van der Waals surface area contributed by atoms with Gasteiger partial charge in [0.1, 0.15) is 11.9 Å². The van der Waals surface area contributed by atoms with Crippen LogP contribution in [0.3, 0.4) is 0 Å². The summed E-state index contributed by atoms with van der Waals surface area (Å²) in [4.78, 5) is 19.0. The molecule has 0 aliphatic heterocycles. The van der Waals surface area contributed by atoms with E-state index in [0.717, 1.165) is 42.4 Å². The summed E-state index contributed by atoms with van der Waals surface area (Å²) in [6.07, 6.45) is 6.43. The molecular formula is C13H16ClN3O. The molecule has 18 heavy (non-hydrogen) atoms. The first-order chi connectivity index (χ1) is 8.76. The van der Waals surface area contributed by atoms with Crippen LogP contribution in [0.25, 0.3) is 11.0 Å². The van der Waals surface area contributed by atoms with Crippen molar-refractivity contribution in [2.45, 2.75) is 39.2 Å². The fourth-order valence-corrected chi connectivity index (χ4v) is 2.23. The van der Waals surface area contributed by atoms with Crippen LogP contribution in [0.2, 0.25) is 5.28 Å². The second-order valence-corrected chi connectivity index (χ2v) is 4.62. The van der Waals surface area contributed by atoms with Crippen LogP contribution in [0.5, 0.6) is 0 Å². The Balaban J connectivity index is 2.39. The Hall–Kier alpha value is -1.42. The van der Waals surface area contributed by atoms with Gasteiger partial charge in [0.15, 0.2) is 0 Å². The van der Waals surface area contributed by atoms with E-state index in [1.54, 1.807) is 6.20 Å². The molecule has 0 N–H and O–H groups in total. The van der Waals surface area contributed by atoms with Gasteiger partial charge in [-0.1, -0.05) is 19.8 Å². The largest absolute Gasteiger partial charge is 0.329 e. The van der Waals surface area contributed by atoms with E-state index in [1.807, 2.05) is 6.07 Å². The summed E-state index contributed by atoms with van der Waals surface area (Å²) in [6, 6.07) is 1.96. The predicted molar refractivity (Wildman–Crippen MR) is 71.8 cm³/mol. The van der Waals surface area contributed by atoms with Crippen LogP contribution in [0.4, 0.5) is 0 Å². The van der Waals surface area contributed by atoms with Crippen molar-refractivity contribution in [2.24, 2.45) is 0 Å². The molecule has 0 amide bonds. The quantitative estimate of drug-likeness (QED) is 0.458. The Bertz CT molecular complexity index is 550. The first kappa shape index (κ1) is 13.0. The summed E-state index contributed by atoms with van der Waals surface area (Å²) in [6.45, 7) is 3.03. The summed E-state index contributed by atoms with van der Waals surface area (Å²) in [7, 11) is 0. The second-order valence-electron chi connectivity index (χ2n) is 4.28. The minimum absolute atomic E-state index is 0.245. The van der Waals surface area contributed by atoms with Crippen molar-refractivity contribution in [2.75, 3.05) is 0 Å². The first-order valence-electron chi connectivity index (χ1n) is 6.20. The van der Waals surface area contributed by atoms with Gasteiger partial charge in [-0.05, 0) is 24.1 Å². The van der Waals surface area contributed by atoms with E-state index in [-0.39, 0.29) is 5.28 Å². The van der Waals surface area contributed by atoms with Crippen LogP contribution in [-0.4, -0.2) is 20.8 Å². The fourth-order valence-electron chi connectivity index (χ4n) is 2.10. The van der Waals surface area contributed by atoms with Crippen molar-refractivity contribution in [3.05, 3.63) is 23.2 Å². The van der Waals surface area contributed by atoms with E-state index in [2.05, 4.69) is 21.5 Å². The van der Waals surface area contributed by atoms with Crippen LogP contribution in [0, 0.1) is 0 Å². The molecule has 2 heterocycles. The van der Waals surface area contributed by atoms with E-state index in [0.29, 0.717) is 6.42 Å². The third-order valence-electron chi connectivity index (χ3n) is 2.97. The summed E-state index contributed by atoms with van der Waals surface area (Å²) in [5.74, 6) is 0. The Labute approximate surface area is 111 Å². The molecule has 0 aliphatic carbocycles. The maximum Gasteiger partial charge on any atom is 0.224 e. The van der Waals surface area contributed by atoms with Crippen LogP contribution in [0.1, 0.15) is 31.9 Å². The monoisotopic (exact) mass is 265 g/mol. The zero-order valence-electron chi connectivity index (χ0n) is 10.4. The number of fused-ring (bicyclic) bond motifs is 1. The molecule has 0 aliphatic rings. The van der Waals surface area contributed by atoms with Crippen LogP contribution in [0.15, 0.2) is 12.3 Å². The molecular weight excluding hydrogens is 250 g/mol. The average molecular weight is 266 g/mol. The number of halogens is 1. The highest BCUT2D eigenvalue weighted by atomic mass is 35.5. The molecule has 0 fully saturated rings. The lowest BCUT2D eigenvalue weighted by Crippen LogP contribution is -2.05. The van der Waals surface area contributed by atoms with E-state index >= 15 is 0 Å². The van der Waals surface area contributed by atoms with Crippen LogP contribution < -0.4 is 0 Å². The minimum Gasteiger partial charge on any atom is -0.329 e. The van der Waals surface area contributed by atoms with Gasteiger partial charge in [0.2, 0.25) is 5.28 Å². The second kappa shape index (κ2) is 5.96. The van der Waals surface area contributed by atoms with Gasteiger partial charge >= 0.3 is 0 Å². The van der Waals surface area contributed by atoms with Gasteiger partial charge < -0.3 is 9.36 Å². The van der Waals surface area contributed by atoms with Gasteiger partial charge in [-0.3, -0.25) is 0 Å². The highest BCUT2D eigenvalue weighted by Gasteiger charge is 2.10. The molecule has 0 aromatic carbocycles. The Morgan fingerprint density at radius 2 is 2.28 bits per heavy atom. The number of carbonyl (C=O) groups is 1. The molecule has 2 aromatic rings. The number of nitrogens with zero attached hydrogens (tertiary/aromatic N) is 3. The fraction of sp³-hybridized carbons (Fsp3) is 0.462. The maximum atomic E-state index is 10.7. The topological polar surface area (TPSA) is 47.8 Å². The van der Waals surface area contributed by atoms with Crippen LogP contribution in [-0.2, 0) is 17.8 Å². The van der Waals surface area contributed by atoms with Crippen molar-refractivity contribution in [3.63, 3.8) is 0 Å². The lowest BCUT2D eigenvalue weighted by Gasteiger charge is -2.07. The predicted octanol–water partition coefficient (Wildman–Crippen LogP) is 3.02. The third-order valence-corrected chi connectivity index (χ3v) is 3.15. The molecule has 5 heteroatoms. The zero-order chi connectivity index (χ0) is 13.0. The highest BCUT2D eigenvalue weighted by Crippen LogP contribution is 2.20. The number of hydrogen-bond acceptors (Lipinski definition) is 3. The van der Waals surface area contributed by atoms with Gasteiger partial charge in [-0.2, -0.15) is 4.98 Å². The van der Waals surface area contributed by atoms with E-state index in [1.165, 1.54) is 6.42 Å².